The Morgan fingerprint density at radius 2 is 1.68 bits per heavy atom. The Labute approximate surface area is 160 Å². The normalized spacial score (nSPS) is 12.3. The number of aliphatic imine (C=N–C) groups is 1. The second-order valence-electron chi connectivity index (χ2n) is 7.00. The maximum absolute atomic E-state index is 12.7. The molecule has 1 aliphatic rings. The van der Waals surface area contributed by atoms with Crippen molar-refractivity contribution in [3.8, 4) is 16.8 Å². The van der Waals surface area contributed by atoms with E-state index in [1.54, 1.807) is 4.57 Å². The minimum Gasteiger partial charge on any atom is -0.305 e. The van der Waals surface area contributed by atoms with Gasteiger partial charge in [0.1, 0.15) is 0 Å². The summed E-state index contributed by atoms with van der Waals surface area (Å²) < 4.78 is 1.73. The molecule has 132 valence electrons. The number of rotatable bonds is 1. The Balaban J connectivity index is 1.68. The van der Waals surface area contributed by atoms with Crippen LogP contribution < -0.4 is 5.69 Å². The van der Waals surface area contributed by atoms with E-state index in [1.807, 2.05) is 48.7 Å². The summed E-state index contributed by atoms with van der Waals surface area (Å²) >= 11 is 0. The average molecular weight is 361 g/mol. The summed E-state index contributed by atoms with van der Waals surface area (Å²) in [6.07, 6.45) is 1.85. The lowest BCUT2D eigenvalue weighted by molar-refractivity contribution is 1.02. The van der Waals surface area contributed by atoms with Crippen LogP contribution in [0.25, 0.3) is 38.6 Å². The first-order valence-corrected chi connectivity index (χ1v) is 9.20. The van der Waals surface area contributed by atoms with Crippen LogP contribution in [0.3, 0.4) is 0 Å². The van der Waals surface area contributed by atoms with Crippen LogP contribution in [0.1, 0.15) is 5.56 Å². The van der Waals surface area contributed by atoms with Gasteiger partial charge in [-0.1, -0.05) is 60.7 Å². The molecule has 1 N–H and O–H groups in total. The zero-order valence-electron chi connectivity index (χ0n) is 14.9. The predicted octanol–water partition coefficient (Wildman–Crippen LogP) is 5.20. The number of nitrogens with one attached hydrogen (secondary N) is 1. The zero-order chi connectivity index (χ0) is 18.7. The van der Waals surface area contributed by atoms with Crippen molar-refractivity contribution in [1.29, 1.82) is 0 Å². The summed E-state index contributed by atoms with van der Waals surface area (Å²) in [5, 5.41) is 2.38. The third-order valence-electron chi connectivity index (χ3n) is 5.38. The van der Waals surface area contributed by atoms with Crippen LogP contribution in [0.2, 0.25) is 0 Å². The van der Waals surface area contributed by atoms with E-state index in [0.29, 0.717) is 0 Å². The second-order valence-corrected chi connectivity index (χ2v) is 7.00. The first-order valence-electron chi connectivity index (χ1n) is 9.20. The molecule has 4 heteroatoms. The van der Waals surface area contributed by atoms with Gasteiger partial charge < -0.3 is 4.98 Å². The van der Waals surface area contributed by atoms with Gasteiger partial charge in [-0.05, 0) is 34.5 Å². The van der Waals surface area contributed by atoms with E-state index < -0.39 is 0 Å². The van der Waals surface area contributed by atoms with Gasteiger partial charge in [-0.25, -0.2) is 4.79 Å². The van der Waals surface area contributed by atoms with Crippen LogP contribution >= 0.6 is 0 Å². The molecule has 0 aliphatic carbocycles. The zero-order valence-corrected chi connectivity index (χ0v) is 14.9. The number of fused-ring (bicyclic) bond motifs is 3. The van der Waals surface area contributed by atoms with E-state index in [4.69, 9.17) is 4.99 Å². The molecule has 0 unspecified atom stereocenters. The van der Waals surface area contributed by atoms with E-state index in [2.05, 4.69) is 41.4 Å². The van der Waals surface area contributed by atoms with Gasteiger partial charge in [0.25, 0.3) is 0 Å². The van der Waals surface area contributed by atoms with Crippen LogP contribution in [0, 0.1) is 0 Å². The van der Waals surface area contributed by atoms with Crippen molar-refractivity contribution >= 4 is 33.7 Å². The van der Waals surface area contributed by atoms with E-state index in [1.165, 1.54) is 10.8 Å². The molecule has 6 rings (SSSR count). The molecule has 0 amide bonds. The number of aromatic amines is 1. The highest BCUT2D eigenvalue weighted by molar-refractivity contribution is 6.02. The largest absolute Gasteiger partial charge is 0.331 e. The second kappa shape index (κ2) is 5.54. The SMILES string of the molecule is O=c1[nH]c2cccc3c2n1-c1cccc(-c2ccc4ccccc4c2)c1N=C3. The van der Waals surface area contributed by atoms with Gasteiger partial charge in [-0.3, -0.25) is 9.56 Å². The van der Waals surface area contributed by atoms with Crippen molar-refractivity contribution in [3.05, 3.63) is 94.9 Å². The van der Waals surface area contributed by atoms with Gasteiger partial charge in [0.15, 0.2) is 0 Å². The lowest BCUT2D eigenvalue weighted by Gasteiger charge is -2.12. The van der Waals surface area contributed by atoms with Crippen molar-refractivity contribution in [2.75, 3.05) is 0 Å². The lowest BCUT2D eigenvalue weighted by atomic mass is 9.99. The molecule has 0 atom stereocenters. The number of nitrogens with zero attached hydrogens (tertiary/aromatic N) is 2. The number of benzene rings is 4. The maximum atomic E-state index is 12.7. The molecule has 0 spiro atoms. The number of para-hydroxylation sites is 2. The minimum absolute atomic E-state index is 0.148. The Morgan fingerprint density at radius 1 is 0.821 bits per heavy atom. The molecule has 4 nitrogen and oxygen atoms in total. The van der Waals surface area contributed by atoms with Crippen LogP contribution in [-0.4, -0.2) is 15.8 Å². The molecule has 28 heavy (non-hydrogen) atoms. The molecular formula is C24H15N3O. The van der Waals surface area contributed by atoms with Crippen molar-refractivity contribution in [2.45, 2.75) is 0 Å². The third kappa shape index (κ3) is 2.06. The van der Waals surface area contributed by atoms with Gasteiger partial charge in [-0.2, -0.15) is 0 Å². The first-order chi connectivity index (χ1) is 13.8. The summed E-state index contributed by atoms with van der Waals surface area (Å²) in [4.78, 5) is 20.5. The summed E-state index contributed by atoms with van der Waals surface area (Å²) in [5.74, 6) is 0. The van der Waals surface area contributed by atoms with Gasteiger partial charge in [-0.15, -0.1) is 0 Å². The molecule has 4 aromatic carbocycles. The topological polar surface area (TPSA) is 50.1 Å². The summed E-state index contributed by atoms with van der Waals surface area (Å²) in [6, 6.07) is 26.6. The van der Waals surface area contributed by atoms with Crippen molar-refractivity contribution in [3.63, 3.8) is 0 Å². The standard InChI is InChI=1S/C24H15N3O/c28-24-26-20-9-3-7-18-14-25-22-19(8-4-10-21(22)27(24)23(18)20)17-12-11-15-5-1-2-6-16(15)13-17/h1-14H,(H,26,28). The van der Waals surface area contributed by atoms with Crippen molar-refractivity contribution < 1.29 is 0 Å². The Morgan fingerprint density at radius 3 is 2.61 bits per heavy atom. The van der Waals surface area contributed by atoms with E-state index >= 15 is 0 Å². The number of hydrogen-bond donors (Lipinski definition) is 1. The summed E-state index contributed by atoms with van der Waals surface area (Å²) in [5.41, 5.74) is 6.15. The fourth-order valence-electron chi connectivity index (χ4n) is 4.09. The minimum atomic E-state index is -0.148. The Hall–Kier alpha value is -3.92. The smallest absolute Gasteiger partial charge is 0.305 e. The van der Waals surface area contributed by atoms with E-state index in [9.17, 15) is 4.79 Å². The number of H-pyrrole nitrogens is 1. The highest BCUT2D eigenvalue weighted by Gasteiger charge is 2.19. The Bertz CT molecular complexity index is 1490. The third-order valence-corrected chi connectivity index (χ3v) is 5.38. The lowest BCUT2D eigenvalue weighted by Crippen LogP contribution is -2.14. The summed E-state index contributed by atoms with van der Waals surface area (Å²) in [6.45, 7) is 0. The molecular weight excluding hydrogens is 346 g/mol. The van der Waals surface area contributed by atoms with Crippen molar-refractivity contribution in [2.24, 2.45) is 4.99 Å². The van der Waals surface area contributed by atoms with Crippen LogP contribution in [0.4, 0.5) is 5.69 Å². The summed E-state index contributed by atoms with van der Waals surface area (Å²) in [7, 11) is 0. The maximum Gasteiger partial charge on any atom is 0.331 e. The van der Waals surface area contributed by atoms with Gasteiger partial charge in [0.2, 0.25) is 0 Å². The first kappa shape index (κ1) is 15.2. The predicted molar refractivity (Wildman–Crippen MR) is 114 cm³/mol. The van der Waals surface area contributed by atoms with Gasteiger partial charge in [0, 0.05) is 17.3 Å². The molecule has 1 aliphatic heterocycles. The molecule has 0 saturated heterocycles. The molecule has 0 bridgehead atoms. The molecule has 5 aromatic rings. The average Bonchev–Trinajstić information content (AvgIpc) is 2.96. The highest BCUT2D eigenvalue weighted by Crippen LogP contribution is 2.38. The molecule has 0 radical (unpaired) electrons. The number of aromatic nitrogens is 2. The van der Waals surface area contributed by atoms with Crippen molar-refractivity contribution in [1.82, 2.24) is 9.55 Å². The fraction of sp³-hybridized carbons (Fsp3) is 0. The number of hydrogen-bond acceptors (Lipinski definition) is 2. The van der Waals surface area contributed by atoms with Crippen LogP contribution in [-0.2, 0) is 0 Å². The van der Waals surface area contributed by atoms with Gasteiger partial charge in [0.05, 0.1) is 22.4 Å². The molecule has 1 aromatic heterocycles. The molecule has 0 fully saturated rings. The fourth-order valence-corrected chi connectivity index (χ4v) is 4.09. The monoisotopic (exact) mass is 361 g/mol. The molecule has 0 saturated carbocycles. The van der Waals surface area contributed by atoms with E-state index in [0.717, 1.165) is 39.1 Å². The quantitative estimate of drug-likeness (QED) is 0.430. The highest BCUT2D eigenvalue weighted by atomic mass is 16.1. The van der Waals surface area contributed by atoms with E-state index in [-0.39, 0.29) is 5.69 Å². The van der Waals surface area contributed by atoms with Crippen LogP contribution in [0.15, 0.2) is 88.6 Å². The van der Waals surface area contributed by atoms with Gasteiger partial charge >= 0.3 is 5.69 Å². The van der Waals surface area contributed by atoms with Crippen LogP contribution in [0.5, 0.6) is 0 Å². The number of imidazole rings is 1. The molecule has 2 heterocycles. The Kier molecular flexibility index (Phi) is 3.00.